The number of allylic oxidation sites excluding steroid dienone is 2. The van der Waals surface area contributed by atoms with E-state index in [2.05, 4.69) is 39.8 Å². The molecule has 0 aromatic heterocycles. The maximum Gasteiger partial charge on any atom is 0.223 e. The molecule has 3 aliphatic carbocycles. The lowest BCUT2D eigenvalue weighted by Crippen LogP contribution is -2.41. The van der Waals surface area contributed by atoms with Crippen molar-refractivity contribution in [1.29, 1.82) is 0 Å². The third-order valence-corrected chi connectivity index (χ3v) is 8.15. The fraction of sp³-hybridized carbons (Fsp3) is 0.821. The van der Waals surface area contributed by atoms with Gasteiger partial charge < -0.3 is 15.1 Å². The molecule has 0 saturated heterocycles. The first-order valence-electron chi connectivity index (χ1n) is 13.3. The normalized spacial score (nSPS) is 29.7. The molecular formula is C28H47NO3. The molecule has 0 heterocycles. The van der Waals surface area contributed by atoms with Crippen molar-refractivity contribution in [2.75, 3.05) is 0 Å². The van der Waals surface area contributed by atoms with Gasteiger partial charge in [0, 0.05) is 24.4 Å². The zero-order valence-electron chi connectivity index (χ0n) is 20.9. The number of unbranched alkanes of at least 4 members (excludes halogenated alkanes) is 1. The number of carbonyl (C=O) groups is 1. The van der Waals surface area contributed by atoms with Gasteiger partial charge in [-0.1, -0.05) is 43.1 Å². The number of amides is 1. The Balaban J connectivity index is 1.43. The summed E-state index contributed by atoms with van der Waals surface area (Å²) in [7, 11) is 0. The zero-order valence-corrected chi connectivity index (χ0v) is 20.9. The molecule has 0 unspecified atom stereocenters. The number of hydrogen-bond acceptors (Lipinski definition) is 3. The van der Waals surface area contributed by atoms with Crippen LogP contribution in [0, 0.1) is 23.7 Å². The summed E-state index contributed by atoms with van der Waals surface area (Å²) in [6.45, 7) is 8.36. The minimum Gasteiger partial charge on any atom is -0.392 e. The number of aliphatic hydroxyl groups is 2. The average molecular weight is 446 g/mol. The topological polar surface area (TPSA) is 60.8 Å². The molecule has 0 radical (unpaired) electrons. The van der Waals surface area contributed by atoms with Crippen molar-refractivity contribution in [1.82, 2.24) is 4.90 Å². The molecule has 0 aliphatic heterocycles. The van der Waals surface area contributed by atoms with Crippen molar-refractivity contribution >= 4 is 5.91 Å². The summed E-state index contributed by atoms with van der Waals surface area (Å²) in [4.78, 5) is 14.6. The molecule has 182 valence electrons. The van der Waals surface area contributed by atoms with Crippen LogP contribution in [-0.2, 0) is 4.79 Å². The molecule has 2 fully saturated rings. The number of rotatable bonds is 10. The van der Waals surface area contributed by atoms with E-state index in [1.807, 2.05) is 11.0 Å². The van der Waals surface area contributed by atoms with Gasteiger partial charge in [-0.15, -0.1) is 0 Å². The average Bonchev–Trinajstić information content (AvgIpc) is 3.26. The molecule has 4 heteroatoms. The van der Waals surface area contributed by atoms with E-state index in [0.29, 0.717) is 24.2 Å². The second kappa shape index (κ2) is 11.8. The van der Waals surface area contributed by atoms with E-state index >= 15 is 0 Å². The lowest BCUT2D eigenvalue weighted by atomic mass is 9.83. The van der Waals surface area contributed by atoms with Gasteiger partial charge in [-0.25, -0.2) is 0 Å². The number of nitrogens with zero attached hydrogens (tertiary/aromatic N) is 1. The first-order valence-corrected chi connectivity index (χ1v) is 13.3. The number of fused-ring (bicyclic) bond motifs is 1. The molecule has 0 aromatic carbocycles. The molecular weight excluding hydrogens is 398 g/mol. The van der Waals surface area contributed by atoms with E-state index in [4.69, 9.17) is 0 Å². The van der Waals surface area contributed by atoms with Gasteiger partial charge in [0.1, 0.15) is 0 Å². The fourth-order valence-corrected chi connectivity index (χ4v) is 6.60. The Morgan fingerprint density at radius 2 is 1.81 bits per heavy atom. The molecule has 5 atom stereocenters. The molecule has 3 aliphatic rings. The van der Waals surface area contributed by atoms with Crippen LogP contribution in [-0.4, -0.2) is 45.3 Å². The van der Waals surface area contributed by atoms with Crippen molar-refractivity contribution in [3.05, 3.63) is 23.8 Å². The molecule has 3 rings (SSSR count). The highest BCUT2D eigenvalue weighted by molar-refractivity contribution is 5.76. The van der Waals surface area contributed by atoms with Crippen LogP contribution in [0.1, 0.15) is 98.3 Å². The van der Waals surface area contributed by atoms with E-state index in [9.17, 15) is 15.0 Å². The monoisotopic (exact) mass is 445 g/mol. The van der Waals surface area contributed by atoms with Crippen LogP contribution in [0.25, 0.3) is 0 Å². The van der Waals surface area contributed by atoms with Crippen LogP contribution in [0.4, 0.5) is 0 Å². The van der Waals surface area contributed by atoms with Crippen LogP contribution < -0.4 is 0 Å². The summed E-state index contributed by atoms with van der Waals surface area (Å²) in [6, 6.07) is 0.514. The first kappa shape index (κ1) is 25.5. The highest BCUT2D eigenvalue weighted by atomic mass is 16.3. The van der Waals surface area contributed by atoms with Crippen molar-refractivity contribution in [3.8, 4) is 0 Å². The second-order valence-corrected chi connectivity index (χ2v) is 11.2. The fourth-order valence-electron chi connectivity index (χ4n) is 6.60. The lowest BCUT2D eigenvalue weighted by Gasteiger charge is -2.30. The Morgan fingerprint density at radius 1 is 1.12 bits per heavy atom. The van der Waals surface area contributed by atoms with Gasteiger partial charge in [0.25, 0.3) is 0 Å². The number of aliphatic hydroxyl groups excluding tert-OH is 2. The third kappa shape index (κ3) is 6.47. The Kier molecular flexibility index (Phi) is 9.43. The quantitative estimate of drug-likeness (QED) is 0.338. The summed E-state index contributed by atoms with van der Waals surface area (Å²) in [6.07, 6.45) is 17.6. The van der Waals surface area contributed by atoms with Crippen LogP contribution in [0.5, 0.6) is 0 Å². The Morgan fingerprint density at radius 3 is 2.47 bits per heavy atom. The van der Waals surface area contributed by atoms with E-state index in [1.54, 1.807) is 0 Å². The third-order valence-electron chi connectivity index (χ3n) is 8.15. The highest BCUT2D eigenvalue weighted by Gasteiger charge is 2.43. The SMILES string of the molecule is CC(C)N(C(=O)CCCCC1=C[C@H]2C[C@@H](O)[C@H](/C=C/[C@@H](O)C3CCCCC3)[C@H]2C1)C(C)C. The van der Waals surface area contributed by atoms with Crippen LogP contribution in [0.2, 0.25) is 0 Å². The summed E-state index contributed by atoms with van der Waals surface area (Å²) in [5.74, 6) is 1.79. The first-order chi connectivity index (χ1) is 15.3. The Labute approximate surface area is 196 Å². The smallest absolute Gasteiger partial charge is 0.223 e. The largest absolute Gasteiger partial charge is 0.392 e. The second-order valence-electron chi connectivity index (χ2n) is 11.2. The summed E-state index contributed by atoms with van der Waals surface area (Å²) < 4.78 is 0. The zero-order chi connectivity index (χ0) is 23.3. The molecule has 1 amide bonds. The Hall–Kier alpha value is -1.13. The van der Waals surface area contributed by atoms with Crippen LogP contribution in [0.15, 0.2) is 23.8 Å². The molecule has 32 heavy (non-hydrogen) atoms. The van der Waals surface area contributed by atoms with Gasteiger partial charge >= 0.3 is 0 Å². The predicted molar refractivity (Wildman–Crippen MR) is 131 cm³/mol. The predicted octanol–water partition coefficient (Wildman–Crippen LogP) is 5.63. The van der Waals surface area contributed by atoms with Crippen molar-refractivity contribution in [2.24, 2.45) is 23.7 Å². The molecule has 0 bridgehead atoms. The van der Waals surface area contributed by atoms with Crippen molar-refractivity contribution in [2.45, 2.75) is 123 Å². The maximum atomic E-state index is 12.6. The van der Waals surface area contributed by atoms with E-state index in [-0.39, 0.29) is 36.1 Å². The number of carbonyl (C=O) groups excluding carboxylic acids is 1. The van der Waals surface area contributed by atoms with Gasteiger partial charge in [-0.05, 0) is 90.4 Å². The summed E-state index contributed by atoms with van der Waals surface area (Å²) in [5, 5.41) is 21.2. The molecule has 4 nitrogen and oxygen atoms in total. The van der Waals surface area contributed by atoms with Gasteiger partial charge in [0.05, 0.1) is 12.2 Å². The van der Waals surface area contributed by atoms with Crippen LogP contribution >= 0.6 is 0 Å². The standard InChI is InChI=1S/C28H47NO3/c1-19(2)29(20(3)4)28(32)13-9-8-10-21-16-23-18-27(31)24(25(23)17-21)14-15-26(30)22-11-6-5-7-12-22/h14-16,19-20,22-27,30-31H,5-13,17-18H2,1-4H3/b15-14+/t23-,24+,25-,26+,27+/m0/s1. The van der Waals surface area contributed by atoms with Crippen LogP contribution in [0.3, 0.4) is 0 Å². The highest BCUT2D eigenvalue weighted by Crippen LogP contribution is 2.48. The Bertz CT molecular complexity index is 654. The van der Waals surface area contributed by atoms with Gasteiger partial charge in [-0.2, -0.15) is 0 Å². The number of hydrogen-bond donors (Lipinski definition) is 2. The van der Waals surface area contributed by atoms with Gasteiger partial charge in [-0.3, -0.25) is 4.79 Å². The van der Waals surface area contributed by atoms with E-state index in [0.717, 1.165) is 44.9 Å². The summed E-state index contributed by atoms with van der Waals surface area (Å²) >= 11 is 0. The van der Waals surface area contributed by atoms with Gasteiger partial charge in [0.2, 0.25) is 5.91 Å². The van der Waals surface area contributed by atoms with Crippen molar-refractivity contribution in [3.63, 3.8) is 0 Å². The minimum absolute atomic E-state index is 0.166. The lowest BCUT2D eigenvalue weighted by molar-refractivity contribution is -0.134. The van der Waals surface area contributed by atoms with Crippen molar-refractivity contribution < 1.29 is 15.0 Å². The molecule has 0 aromatic rings. The molecule has 0 spiro atoms. The van der Waals surface area contributed by atoms with E-state index < -0.39 is 0 Å². The minimum atomic E-state index is -0.357. The molecule has 2 N–H and O–H groups in total. The summed E-state index contributed by atoms with van der Waals surface area (Å²) in [5.41, 5.74) is 1.51. The maximum absolute atomic E-state index is 12.6. The van der Waals surface area contributed by atoms with E-state index in [1.165, 1.54) is 24.8 Å². The molecule has 2 saturated carbocycles. The van der Waals surface area contributed by atoms with Gasteiger partial charge in [0.15, 0.2) is 0 Å².